The summed E-state index contributed by atoms with van der Waals surface area (Å²) in [6.07, 6.45) is 7.88. The Morgan fingerprint density at radius 2 is 1.83 bits per heavy atom. The number of benzene rings is 2. The average molecular weight is 533 g/mol. The molecule has 35 heavy (non-hydrogen) atoms. The number of anilines is 1. The van der Waals surface area contributed by atoms with E-state index in [9.17, 15) is 9.59 Å². The normalized spacial score (nSPS) is 25.3. The van der Waals surface area contributed by atoms with Gasteiger partial charge in [0.25, 0.3) is 0 Å². The molecule has 0 radical (unpaired) electrons. The highest BCUT2D eigenvalue weighted by Gasteiger charge is 2.68. The number of hydrogen-bond donors (Lipinski definition) is 2. The van der Waals surface area contributed by atoms with Crippen LogP contribution in [0.25, 0.3) is 11.0 Å². The maximum atomic E-state index is 13.4. The van der Waals surface area contributed by atoms with Gasteiger partial charge in [-0.1, -0.05) is 40.2 Å². The molecule has 7 heteroatoms. The van der Waals surface area contributed by atoms with Crippen molar-refractivity contribution in [2.75, 3.05) is 11.9 Å². The average Bonchev–Trinajstić information content (AvgIpc) is 3.42. The monoisotopic (exact) mass is 532 g/mol. The molecule has 1 spiro atoms. The summed E-state index contributed by atoms with van der Waals surface area (Å²) in [5, 5.41) is 6.29. The molecule has 6 nitrogen and oxygen atoms in total. The standard InChI is InChI=1S/C28H29BrN4O2/c1-33-23-5-3-2-4-22(23)32-24(33)12-13-25(34)30-16-19-20-10-11-21(28(20)14-15-28)26(19)27(35)31-18-8-6-17(29)7-9-18/h2-11,19-21,26H,12-16H2,1H3,(H,30,34)(H,31,35)/t19-,20-,21+,26+/m1/s1. The van der Waals surface area contributed by atoms with Crippen LogP contribution in [0, 0.1) is 29.1 Å². The number of carbonyl (C=O) groups is 2. The molecular formula is C28H29BrN4O2. The summed E-state index contributed by atoms with van der Waals surface area (Å²) < 4.78 is 3.04. The van der Waals surface area contributed by atoms with Crippen molar-refractivity contribution in [2.45, 2.75) is 25.7 Å². The van der Waals surface area contributed by atoms with E-state index < -0.39 is 0 Å². The minimum Gasteiger partial charge on any atom is -0.356 e. The first kappa shape index (κ1) is 22.5. The van der Waals surface area contributed by atoms with Gasteiger partial charge in [-0.3, -0.25) is 9.59 Å². The Kier molecular flexibility index (Phi) is 5.55. The van der Waals surface area contributed by atoms with Crippen LogP contribution in [-0.2, 0) is 23.1 Å². The van der Waals surface area contributed by atoms with E-state index in [1.165, 1.54) is 12.8 Å². The predicted molar refractivity (Wildman–Crippen MR) is 140 cm³/mol. The van der Waals surface area contributed by atoms with Gasteiger partial charge in [0.2, 0.25) is 11.8 Å². The van der Waals surface area contributed by atoms with Gasteiger partial charge in [-0.15, -0.1) is 0 Å². The summed E-state index contributed by atoms with van der Waals surface area (Å²) in [5.74, 6) is 1.64. The van der Waals surface area contributed by atoms with Crippen LogP contribution in [0.15, 0.2) is 65.2 Å². The lowest BCUT2D eigenvalue weighted by Gasteiger charge is -2.27. The van der Waals surface area contributed by atoms with Crippen molar-refractivity contribution in [3.63, 3.8) is 0 Å². The molecule has 180 valence electrons. The number of fused-ring (bicyclic) bond motifs is 1. The van der Waals surface area contributed by atoms with Crippen LogP contribution in [0.4, 0.5) is 5.69 Å². The molecule has 2 fully saturated rings. The van der Waals surface area contributed by atoms with Crippen LogP contribution in [0.3, 0.4) is 0 Å². The number of halogens is 1. The number of carbonyl (C=O) groups excluding carboxylic acids is 2. The summed E-state index contributed by atoms with van der Waals surface area (Å²) in [4.78, 5) is 30.9. The zero-order valence-corrected chi connectivity index (χ0v) is 21.3. The first-order chi connectivity index (χ1) is 17.0. The number of hydrogen-bond acceptors (Lipinski definition) is 3. The van der Waals surface area contributed by atoms with Crippen molar-refractivity contribution in [1.82, 2.24) is 14.9 Å². The summed E-state index contributed by atoms with van der Waals surface area (Å²) in [7, 11) is 1.99. The van der Waals surface area contributed by atoms with Crippen LogP contribution < -0.4 is 10.6 Å². The van der Waals surface area contributed by atoms with E-state index in [1.807, 2.05) is 55.6 Å². The van der Waals surface area contributed by atoms with Gasteiger partial charge in [0, 0.05) is 36.6 Å². The quantitative estimate of drug-likeness (QED) is 0.427. The molecule has 0 unspecified atom stereocenters. The highest BCUT2D eigenvalue weighted by Crippen LogP contribution is 2.71. The highest BCUT2D eigenvalue weighted by molar-refractivity contribution is 9.10. The number of rotatable bonds is 7. The van der Waals surface area contributed by atoms with Crippen LogP contribution >= 0.6 is 15.9 Å². The van der Waals surface area contributed by atoms with Gasteiger partial charge in [-0.05, 0) is 72.4 Å². The fraction of sp³-hybridized carbons (Fsp3) is 0.393. The summed E-state index contributed by atoms with van der Waals surface area (Å²) in [6, 6.07) is 15.7. The first-order valence-corrected chi connectivity index (χ1v) is 13.2. The van der Waals surface area contributed by atoms with Crippen molar-refractivity contribution >= 4 is 44.5 Å². The van der Waals surface area contributed by atoms with E-state index in [-0.39, 0.29) is 35.0 Å². The van der Waals surface area contributed by atoms with Gasteiger partial charge < -0.3 is 15.2 Å². The van der Waals surface area contributed by atoms with Crippen LogP contribution in [0.2, 0.25) is 0 Å². The molecule has 2 bridgehead atoms. The van der Waals surface area contributed by atoms with Crippen molar-refractivity contribution in [1.29, 1.82) is 0 Å². The third kappa shape index (κ3) is 3.90. The van der Waals surface area contributed by atoms with Crippen LogP contribution in [0.1, 0.15) is 25.1 Å². The van der Waals surface area contributed by atoms with Gasteiger partial charge in [0.05, 0.1) is 17.0 Å². The number of nitrogens with zero attached hydrogens (tertiary/aromatic N) is 2. The molecule has 3 aliphatic carbocycles. The molecule has 0 saturated heterocycles. The smallest absolute Gasteiger partial charge is 0.228 e. The Labute approximate surface area is 213 Å². The van der Waals surface area contributed by atoms with E-state index in [0.29, 0.717) is 25.3 Å². The van der Waals surface area contributed by atoms with Crippen molar-refractivity contribution in [2.24, 2.45) is 36.1 Å². The minimum absolute atomic E-state index is 0.0146. The number of allylic oxidation sites excluding steroid dienone is 2. The highest BCUT2D eigenvalue weighted by atomic mass is 79.9. The fourth-order valence-corrected chi connectivity index (χ4v) is 6.79. The molecule has 4 atom stereocenters. The lowest BCUT2D eigenvalue weighted by atomic mass is 9.82. The second-order valence-corrected chi connectivity index (χ2v) is 11.2. The zero-order valence-electron chi connectivity index (χ0n) is 19.7. The number of aryl methyl sites for hydroxylation is 2. The Balaban J connectivity index is 1.11. The zero-order chi connectivity index (χ0) is 24.2. The predicted octanol–water partition coefficient (Wildman–Crippen LogP) is 4.85. The summed E-state index contributed by atoms with van der Waals surface area (Å²) in [5.41, 5.74) is 3.07. The fourth-order valence-electron chi connectivity index (χ4n) is 6.53. The first-order valence-electron chi connectivity index (χ1n) is 12.4. The van der Waals surface area contributed by atoms with Gasteiger partial charge >= 0.3 is 0 Å². The second kappa shape index (κ2) is 8.63. The number of para-hydroxylation sites is 2. The third-order valence-corrected chi connectivity index (χ3v) is 8.92. The maximum Gasteiger partial charge on any atom is 0.228 e. The number of amides is 2. The molecule has 2 aromatic carbocycles. The largest absolute Gasteiger partial charge is 0.356 e. The molecule has 1 heterocycles. The van der Waals surface area contributed by atoms with Crippen molar-refractivity contribution in [3.8, 4) is 0 Å². The van der Waals surface area contributed by atoms with Gasteiger partial charge in [0.1, 0.15) is 5.82 Å². The molecule has 6 rings (SSSR count). The number of imidazole rings is 1. The molecule has 2 N–H and O–H groups in total. The molecule has 2 amide bonds. The van der Waals surface area contributed by atoms with Gasteiger partial charge in [-0.2, -0.15) is 0 Å². The minimum atomic E-state index is -0.115. The van der Waals surface area contributed by atoms with E-state index in [2.05, 4.69) is 48.3 Å². The van der Waals surface area contributed by atoms with Crippen LogP contribution in [-0.4, -0.2) is 27.9 Å². The van der Waals surface area contributed by atoms with Crippen molar-refractivity contribution < 1.29 is 9.59 Å². The van der Waals surface area contributed by atoms with E-state index in [0.717, 1.165) is 27.0 Å². The number of aromatic nitrogens is 2. The van der Waals surface area contributed by atoms with E-state index >= 15 is 0 Å². The summed E-state index contributed by atoms with van der Waals surface area (Å²) >= 11 is 3.44. The van der Waals surface area contributed by atoms with Crippen molar-refractivity contribution in [3.05, 3.63) is 71.0 Å². The third-order valence-electron chi connectivity index (χ3n) is 8.40. The number of nitrogens with one attached hydrogen (secondary N) is 2. The molecule has 0 aliphatic heterocycles. The topological polar surface area (TPSA) is 76.0 Å². The van der Waals surface area contributed by atoms with Gasteiger partial charge in [-0.25, -0.2) is 4.98 Å². The molecule has 3 aliphatic rings. The Hall–Kier alpha value is -2.93. The van der Waals surface area contributed by atoms with Crippen LogP contribution in [0.5, 0.6) is 0 Å². The molecule has 1 aromatic heterocycles. The molecular weight excluding hydrogens is 504 g/mol. The van der Waals surface area contributed by atoms with Gasteiger partial charge in [0.15, 0.2) is 0 Å². The lowest BCUT2D eigenvalue weighted by Crippen LogP contribution is -2.39. The summed E-state index contributed by atoms with van der Waals surface area (Å²) in [6.45, 7) is 0.535. The van der Waals surface area contributed by atoms with E-state index in [1.54, 1.807) is 0 Å². The second-order valence-electron chi connectivity index (χ2n) is 10.2. The molecule has 2 saturated carbocycles. The Bertz CT molecular complexity index is 1320. The van der Waals surface area contributed by atoms with E-state index in [4.69, 9.17) is 0 Å². The Morgan fingerprint density at radius 3 is 2.57 bits per heavy atom. The lowest BCUT2D eigenvalue weighted by molar-refractivity contribution is -0.124. The SMILES string of the molecule is Cn1c(CCC(=O)NC[C@H]2[C@H](C(=O)Nc3ccc(Br)cc3)[C@@H]3C=C[C@H]2C32CC2)nc2ccccc21. The Morgan fingerprint density at radius 1 is 1.09 bits per heavy atom. The molecule has 3 aromatic rings. The maximum absolute atomic E-state index is 13.4.